The van der Waals surface area contributed by atoms with Gasteiger partial charge in [0.05, 0.1) is 11.2 Å². The Balaban J connectivity index is 1.36. The van der Waals surface area contributed by atoms with Gasteiger partial charge < -0.3 is 9.64 Å². The molecule has 2 aliphatic heterocycles. The summed E-state index contributed by atoms with van der Waals surface area (Å²) in [6.07, 6.45) is 8.76. The first kappa shape index (κ1) is 19.5. The van der Waals surface area contributed by atoms with Crippen LogP contribution in [-0.2, 0) is 0 Å². The number of piperidine rings is 1. The first-order valence-corrected chi connectivity index (χ1v) is 11.4. The predicted molar refractivity (Wildman–Crippen MR) is 123 cm³/mol. The molecule has 1 aromatic carbocycles. The summed E-state index contributed by atoms with van der Waals surface area (Å²) >= 11 is 1.49. The molecule has 2 aromatic heterocycles. The summed E-state index contributed by atoms with van der Waals surface area (Å²) in [7, 11) is 2.24. The Morgan fingerprint density at radius 2 is 1.87 bits per heavy atom. The molecule has 156 valence electrons. The van der Waals surface area contributed by atoms with Crippen LogP contribution in [0.15, 0.2) is 47.0 Å². The van der Waals surface area contributed by atoms with Crippen LogP contribution in [0.1, 0.15) is 44.4 Å². The highest BCUT2D eigenvalue weighted by Gasteiger charge is 2.39. The second kappa shape index (κ2) is 7.67. The number of fused-ring (bicyclic) bond motifs is 3. The minimum atomic E-state index is -0.0287. The molecule has 0 radical (unpaired) electrons. The Morgan fingerprint density at radius 1 is 1.17 bits per heavy atom. The number of ether oxygens (including phenoxy) is 1. The van der Waals surface area contributed by atoms with Gasteiger partial charge in [-0.05, 0) is 83.0 Å². The molecule has 0 aliphatic carbocycles. The van der Waals surface area contributed by atoms with Crippen LogP contribution in [0, 0.1) is 0 Å². The zero-order chi connectivity index (χ0) is 20.8. The summed E-state index contributed by atoms with van der Waals surface area (Å²) in [5.41, 5.74) is 2.74. The fourth-order valence-electron chi connectivity index (χ4n) is 4.81. The van der Waals surface area contributed by atoms with E-state index in [0.717, 1.165) is 34.7 Å². The molecule has 3 aromatic rings. The molecule has 0 unspecified atom stereocenters. The van der Waals surface area contributed by atoms with Gasteiger partial charge in [-0.3, -0.25) is 9.36 Å². The number of allylic oxidation sites excluding steroid dienone is 1. The Labute approximate surface area is 180 Å². The summed E-state index contributed by atoms with van der Waals surface area (Å²) in [5.74, 6) is 0.872. The van der Waals surface area contributed by atoms with Crippen molar-refractivity contribution in [1.82, 2.24) is 14.5 Å². The fourth-order valence-corrected chi connectivity index (χ4v) is 5.91. The summed E-state index contributed by atoms with van der Waals surface area (Å²) in [6.45, 7) is 4.10. The number of aromatic nitrogens is 2. The lowest BCUT2D eigenvalue weighted by molar-refractivity contribution is 0.0662. The molecular formula is C24H27N3O2S. The fraction of sp³-hybridized carbons (Fsp3) is 0.417. The summed E-state index contributed by atoms with van der Waals surface area (Å²) < 4.78 is 8.58. The smallest absolute Gasteiger partial charge is 0.275 e. The van der Waals surface area contributed by atoms with Gasteiger partial charge >= 0.3 is 0 Å². The van der Waals surface area contributed by atoms with Crippen LogP contribution < -0.4 is 10.3 Å². The maximum absolute atomic E-state index is 13.0. The van der Waals surface area contributed by atoms with Gasteiger partial charge in [-0.15, -0.1) is 11.3 Å². The van der Waals surface area contributed by atoms with E-state index in [0.29, 0.717) is 16.8 Å². The average molecular weight is 422 g/mol. The third-order valence-electron chi connectivity index (χ3n) is 6.36. The van der Waals surface area contributed by atoms with E-state index in [9.17, 15) is 4.79 Å². The van der Waals surface area contributed by atoms with Crippen molar-refractivity contribution in [1.29, 1.82) is 0 Å². The van der Waals surface area contributed by atoms with Crippen molar-refractivity contribution >= 4 is 27.6 Å². The third kappa shape index (κ3) is 3.59. The zero-order valence-electron chi connectivity index (χ0n) is 17.7. The van der Waals surface area contributed by atoms with Gasteiger partial charge in [-0.25, -0.2) is 4.98 Å². The van der Waals surface area contributed by atoms with E-state index in [-0.39, 0.29) is 11.7 Å². The molecule has 2 fully saturated rings. The van der Waals surface area contributed by atoms with E-state index in [2.05, 4.69) is 36.9 Å². The summed E-state index contributed by atoms with van der Waals surface area (Å²) in [5, 5.41) is 0. The number of benzene rings is 1. The van der Waals surface area contributed by atoms with Crippen molar-refractivity contribution in [2.24, 2.45) is 0 Å². The van der Waals surface area contributed by atoms with E-state index in [1.807, 2.05) is 30.3 Å². The summed E-state index contributed by atoms with van der Waals surface area (Å²) in [6, 6.07) is 11.1. The molecule has 4 heterocycles. The zero-order valence-corrected chi connectivity index (χ0v) is 18.5. The minimum absolute atomic E-state index is 0.0287. The standard InChI is InChI=1S/C24H27N3O2S/c1-15(2)10-21-13-22-23(30-21)24(28)27(14-25-22)16-6-8-19(9-7-16)29-20-11-17-4-5-18(12-20)26(17)3/h6-10,13-14,17-18,20H,4-5,11-12H2,1-3H3/t17-,18+,20+. The molecule has 5 nitrogen and oxygen atoms in total. The number of hydrogen-bond acceptors (Lipinski definition) is 5. The van der Waals surface area contributed by atoms with Gasteiger partial charge in [0.2, 0.25) is 0 Å². The van der Waals surface area contributed by atoms with Crippen LogP contribution in [0.3, 0.4) is 0 Å². The SMILES string of the molecule is CC(C)=Cc1cc2ncn(-c3ccc(O[C@H]4C[C@H]5CC[C@@H](C4)N5C)cc3)c(=O)c2s1. The molecule has 0 saturated carbocycles. The predicted octanol–water partition coefficient (Wildman–Crippen LogP) is 4.87. The number of thiophene rings is 1. The van der Waals surface area contributed by atoms with Gasteiger partial charge in [0, 0.05) is 17.0 Å². The lowest BCUT2D eigenvalue weighted by Crippen LogP contribution is -2.43. The van der Waals surface area contributed by atoms with E-state index in [1.54, 1.807) is 10.9 Å². The molecule has 2 saturated heterocycles. The van der Waals surface area contributed by atoms with Crippen LogP contribution in [0.5, 0.6) is 5.75 Å². The quantitative estimate of drug-likeness (QED) is 0.603. The van der Waals surface area contributed by atoms with E-state index in [4.69, 9.17) is 4.74 Å². The van der Waals surface area contributed by atoms with Crippen LogP contribution in [0.2, 0.25) is 0 Å². The molecule has 0 N–H and O–H groups in total. The largest absolute Gasteiger partial charge is 0.490 e. The Morgan fingerprint density at radius 3 is 2.53 bits per heavy atom. The first-order chi connectivity index (χ1) is 14.5. The van der Waals surface area contributed by atoms with E-state index in [1.165, 1.54) is 29.8 Å². The number of hydrogen-bond donors (Lipinski definition) is 0. The second-order valence-corrected chi connectivity index (χ2v) is 9.84. The van der Waals surface area contributed by atoms with Gasteiger partial charge in [0.15, 0.2) is 0 Å². The molecule has 0 amide bonds. The Bertz CT molecular complexity index is 1140. The Hall–Kier alpha value is -2.44. The van der Waals surface area contributed by atoms with Crippen molar-refractivity contribution in [3.05, 3.63) is 57.5 Å². The van der Waals surface area contributed by atoms with Crippen molar-refractivity contribution < 1.29 is 4.74 Å². The van der Waals surface area contributed by atoms with E-state index >= 15 is 0 Å². The maximum Gasteiger partial charge on any atom is 0.275 e. The highest BCUT2D eigenvalue weighted by Crippen LogP contribution is 2.36. The van der Waals surface area contributed by atoms with Crippen LogP contribution in [0.4, 0.5) is 0 Å². The van der Waals surface area contributed by atoms with Crippen LogP contribution in [-0.4, -0.2) is 39.7 Å². The maximum atomic E-state index is 13.0. The monoisotopic (exact) mass is 421 g/mol. The average Bonchev–Trinajstić information content (AvgIpc) is 3.19. The van der Waals surface area contributed by atoms with Gasteiger partial charge in [0.1, 0.15) is 22.9 Å². The molecule has 3 atom stereocenters. The third-order valence-corrected chi connectivity index (χ3v) is 7.42. The second-order valence-electron chi connectivity index (χ2n) is 8.76. The number of nitrogens with zero attached hydrogens (tertiary/aromatic N) is 3. The number of rotatable bonds is 4. The normalized spacial score (nSPS) is 23.6. The molecule has 0 spiro atoms. The van der Waals surface area contributed by atoms with Crippen LogP contribution in [0.25, 0.3) is 22.0 Å². The molecule has 30 heavy (non-hydrogen) atoms. The molecule has 5 rings (SSSR count). The van der Waals surface area contributed by atoms with Gasteiger partial charge in [0.25, 0.3) is 5.56 Å². The van der Waals surface area contributed by atoms with Crippen LogP contribution >= 0.6 is 11.3 Å². The molecular weight excluding hydrogens is 394 g/mol. The Kier molecular flexibility index (Phi) is 4.99. The van der Waals surface area contributed by atoms with Crippen molar-refractivity contribution in [3.63, 3.8) is 0 Å². The summed E-state index contributed by atoms with van der Waals surface area (Å²) in [4.78, 5) is 21.1. The lowest BCUT2D eigenvalue weighted by atomic mass is 10.0. The first-order valence-electron chi connectivity index (χ1n) is 10.6. The lowest BCUT2D eigenvalue weighted by Gasteiger charge is -2.36. The molecule has 2 aliphatic rings. The van der Waals surface area contributed by atoms with Gasteiger partial charge in [-0.1, -0.05) is 5.57 Å². The minimum Gasteiger partial charge on any atom is -0.490 e. The van der Waals surface area contributed by atoms with Crippen molar-refractivity contribution in [2.75, 3.05) is 7.05 Å². The topological polar surface area (TPSA) is 47.4 Å². The van der Waals surface area contributed by atoms with E-state index < -0.39 is 0 Å². The van der Waals surface area contributed by atoms with Gasteiger partial charge in [-0.2, -0.15) is 0 Å². The highest BCUT2D eigenvalue weighted by atomic mass is 32.1. The molecule has 2 bridgehead atoms. The van der Waals surface area contributed by atoms with Crippen molar-refractivity contribution in [3.8, 4) is 11.4 Å². The van der Waals surface area contributed by atoms with Crippen molar-refractivity contribution in [2.45, 2.75) is 57.7 Å². The highest BCUT2D eigenvalue weighted by molar-refractivity contribution is 7.19. The molecule has 6 heteroatoms.